The molecule has 4 aliphatic rings. The summed E-state index contributed by atoms with van der Waals surface area (Å²) in [6.07, 6.45) is 4.71. The lowest BCUT2D eigenvalue weighted by molar-refractivity contribution is -0.143. The van der Waals surface area contributed by atoms with E-state index in [1.165, 1.54) is 0 Å². The summed E-state index contributed by atoms with van der Waals surface area (Å²) in [7, 11) is 0. The molecule has 5 rings (SSSR count). The number of piperazine rings is 1. The van der Waals surface area contributed by atoms with Crippen LogP contribution in [0.5, 0.6) is 0 Å². The molecule has 30 heavy (non-hydrogen) atoms. The molecule has 3 aliphatic heterocycles. The van der Waals surface area contributed by atoms with Crippen LogP contribution in [0.15, 0.2) is 56.8 Å². The Balaban J connectivity index is 1.24. The molecule has 3 heterocycles. The monoisotopic (exact) mass is 405 g/mol. The molecule has 0 radical (unpaired) electrons. The van der Waals surface area contributed by atoms with Crippen LogP contribution in [0, 0.1) is 0 Å². The number of nitrogens with zero attached hydrogens (tertiary/aromatic N) is 5. The number of allylic oxidation sites excluding steroid dienone is 2. The molecule has 1 aromatic carbocycles. The van der Waals surface area contributed by atoms with Crippen LogP contribution < -0.4 is 0 Å². The smallest absolute Gasteiger partial charge is 0.254 e. The van der Waals surface area contributed by atoms with Gasteiger partial charge in [0.1, 0.15) is 5.60 Å². The van der Waals surface area contributed by atoms with Gasteiger partial charge in [-0.2, -0.15) is 10.2 Å². The highest BCUT2D eigenvalue weighted by Gasteiger charge is 2.50. The van der Waals surface area contributed by atoms with Gasteiger partial charge in [0.2, 0.25) is 0 Å². The molecule has 8 heteroatoms. The number of dihydropyridines is 1. The highest BCUT2D eigenvalue weighted by atomic mass is 16.3. The molecule has 1 aliphatic carbocycles. The molecule has 2 fully saturated rings. The average molecular weight is 405 g/mol. The second kappa shape index (κ2) is 6.98. The minimum absolute atomic E-state index is 0.0444. The first-order chi connectivity index (χ1) is 14.4. The Kier molecular flexibility index (Phi) is 4.39. The normalized spacial score (nSPS) is 24.1. The van der Waals surface area contributed by atoms with Crippen molar-refractivity contribution < 1.29 is 14.7 Å². The highest BCUT2D eigenvalue weighted by Crippen LogP contribution is 2.37. The number of carbonyl (C=O) groups is 2. The van der Waals surface area contributed by atoms with Crippen molar-refractivity contribution >= 4 is 23.6 Å². The standard InChI is InChI=1S/C22H23N5O3/c1-14-18-12-17(13-23-19(18)25-24-14)15-2-4-16(5-3-15)20(28)26-8-10-27(11-9-26)21(29)22(30)6-7-22/h2-5,12-13,19,30H,6-11H2,1H3. The number of hydrogen-bond acceptors (Lipinski definition) is 6. The first-order valence-corrected chi connectivity index (χ1v) is 10.2. The summed E-state index contributed by atoms with van der Waals surface area (Å²) in [4.78, 5) is 33.0. The summed E-state index contributed by atoms with van der Waals surface area (Å²) >= 11 is 0. The van der Waals surface area contributed by atoms with Gasteiger partial charge in [-0.15, -0.1) is 0 Å². The molecule has 1 saturated heterocycles. The van der Waals surface area contributed by atoms with Gasteiger partial charge in [-0.1, -0.05) is 12.1 Å². The SMILES string of the molecule is CC1=C2C=C(c3ccc(C(=O)N4CCN(C(=O)C5(O)CC5)CC4)cc3)C=NC2N=N1. The zero-order valence-corrected chi connectivity index (χ0v) is 16.8. The lowest BCUT2D eigenvalue weighted by Gasteiger charge is -2.35. The molecule has 8 nitrogen and oxygen atoms in total. The summed E-state index contributed by atoms with van der Waals surface area (Å²) in [5, 5.41) is 18.2. The average Bonchev–Trinajstić information content (AvgIpc) is 3.44. The first kappa shape index (κ1) is 18.9. The molecule has 1 saturated carbocycles. The van der Waals surface area contributed by atoms with E-state index in [9.17, 15) is 14.7 Å². The Hall–Kier alpha value is -3.13. The van der Waals surface area contributed by atoms with E-state index < -0.39 is 5.60 Å². The third-order valence-electron chi connectivity index (χ3n) is 6.12. The van der Waals surface area contributed by atoms with Crippen LogP contribution in [0.25, 0.3) is 5.57 Å². The Labute approximate surface area is 174 Å². The fourth-order valence-corrected chi connectivity index (χ4v) is 3.98. The maximum absolute atomic E-state index is 12.9. The van der Waals surface area contributed by atoms with Gasteiger partial charge in [0.25, 0.3) is 11.8 Å². The fraction of sp³-hybridized carbons (Fsp3) is 0.409. The maximum Gasteiger partial charge on any atom is 0.254 e. The third kappa shape index (κ3) is 3.27. The van der Waals surface area contributed by atoms with Gasteiger partial charge in [-0.3, -0.25) is 14.6 Å². The van der Waals surface area contributed by atoms with E-state index in [1.54, 1.807) is 16.0 Å². The zero-order valence-electron chi connectivity index (χ0n) is 16.8. The minimum Gasteiger partial charge on any atom is -0.380 e. The summed E-state index contributed by atoms with van der Waals surface area (Å²) in [5.74, 6) is -0.242. The minimum atomic E-state index is -1.14. The van der Waals surface area contributed by atoms with Gasteiger partial charge in [0.05, 0.1) is 5.70 Å². The molecule has 0 aromatic heterocycles. The van der Waals surface area contributed by atoms with Crippen LogP contribution in [0.2, 0.25) is 0 Å². The number of azo groups is 1. The van der Waals surface area contributed by atoms with Crippen LogP contribution in [0.1, 0.15) is 35.7 Å². The third-order valence-corrected chi connectivity index (χ3v) is 6.12. The Morgan fingerprint density at radius 2 is 1.73 bits per heavy atom. The van der Waals surface area contributed by atoms with Crippen molar-refractivity contribution in [3.05, 3.63) is 52.7 Å². The number of benzene rings is 1. The van der Waals surface area contributed by atoms with Gasteiger partial charge < -0.3 is 14.9 Å². The van der Waals surface area contributed by atoms with Crippen LogP contribution in [0.4, 0.5) is 0 Å². The second-order valence-electron chi connectivity index (χ2n) is 8.20. The maximum atomic E-state index is 12.9. The van der Waals surface area contributed by atoms with E-state index in [4.69, 9.17) is 0 Å². The van der Waals surface area contributed by atoms with Crippen molar-refractivity contribution in [1.29, 1.82) is 0 Å². The molecule has 0 bridgehead atoms. The Bertz CT molecular complexity index is 1030. The van der Waals surface area contributed by atoms with Crippen molar-refractivity contribution in [2.24, 2.45) is 15.2 Å². The highest BCUT2D eigenvalue weighted by molar-refractivity contribution is 6.12. The number of rotatable bonds is 3. The quantitative estimate of drug-likeness (QED) is 0.833. The number of fused-ring (bicyclic) bond motifs is 1. The summed E-state index contributed by atoms with van der Waals surface area (Å²) in [5.41, 5.74) is 3.32. The Morgan fingerprint density at radius 3 is 2.40 bits per heavy atom. The largest absolute Gasteiger partial charge is 0.380 e. The van der Waals surface area contributed by atoms with E-state index in [1.807, 2.05) is 37.3 Å². The lowest BCUT2D eigenvalue weighted by atomic mass is 9.98. The van der Waals surface area contributed by atoms with Crippen molar-refractivity contribution in [1.82, 2.24) is 9.80 Å². The van der Waals surface area contributed by atoms with E-state index in [0.717, 1.165) is 22.4 Å². The van der Waals surface area contributed by atoms with E-state index in [0.29, 0.717) is 44.6 Å². The molecule has 1 unspecified atom stereocenters. The van der Waals surface area contributed by atoms with Crippen LogP contribution in [-0.2, 0) is 4.79 Å². The van der Waals surface area contributed by atoms with Crippen molar-refractivity contribution in [3.8, 4) is 0 Å². The van der Waals surface area contributed by atoms with E-state index in [-0.39, 0.29) is 18.0 Å². The molecular weight excluding hydrogens is 382 g/mol. The fourth-order valence-electron chi connectivity index (χ4n) is 3.98. The summed E-state index contributed by atoms with van der Waals surface area (Å²) < 4.78 is 0. The molecule has 0 spiro atoms. The number of hydrogen-bond donors (Lipinski definition) is 1. The first-order valence-electron chi connectivity index (χ1n) is 10.2. The lowest BCUT2D eigenvalue weighted by Crippen LogP contribution is -2.53. The number of carbonyl (C=O) groups excluding carboxylic acids is 2. The Morgan fingerprint density at radius 1 is 1.07 bits per heavy atom. The van der Waals surface area contributed by atoms with Crippen LogP contribution >= 0.6 is 0 Å². The molecule has 2 amide bonds. The second-order valence-corrected chi connectivity index (χ2v) is 8.20. The van der Waals surface area contributed by atoms with Crippen LogP contribution in [-0.4, -0.2) is 70.9 Å². The topological polar surface area (TPSA) is 97.9 Å². The van der Waals surface area contributed by atoms with E-state index in [2.05, 4.69) is 15.2 Å². The molecular formula is C22H23N5O3. The van der Waals surface area contributed by atoms with Gasteiger partial charge in [0, 0.05) is 49.1 Å². The number of aliphatic hydroxyl groups is 1. The number of amides is 2. The zero-order chi connectivity index (χ0) is 20.9. The van der Waals surface area contributed by atoms with Crippen molar-refractivity contribution in [3.63, 3.8) is 0 Å². The number of aliphatic imine (C=N–C) groups is 1. The predicted octanol–water partition coefficient (Wildman–Crippen LogP) is 2.03. The van der Waals surface area contributed by atoms with Gasteiger partial charge in [-0.25, -0.2) is 0 Å². The molecule has 1 N–H and O–H groups in total. The van der Waals surface area contributed by atoms with Gasteiger partial charge in [-0.05, 0) is 43.5 Å². The molecule has 154 valence electrons. The molecule has 1 aromatic rings. The summed E-state index contributed by atoms with van der Waals surface area (Å²) in [6, 6.07) is 7.50. The van der Waals surface area contributed by atoms with E-state index >= 15 is 0 Å². The summed E-state index contributed by atoms with van der Waals surface area (Å²) in [6.45, 7) is 3.79. The van der Waals surface area contributed by atoms with Crippen molar-refractivity contribution in [2.45, 2.75) is 31.5 Å². The predicted molar refractivity (Wildman–Crippen MR) is 111 cm³/mol. The van der Waals surface area contributed by atoms with Gasteiger partial charge in [0.15, 0.2) is 6.17 Å². The molecule has 1 atom stereocenters. The van der Waals surface area contributed by atoms with Crippen molar-refractivity contribution in [2.75, 3.05) is 26.2 Å². The van der Waals surface area contributed by atoms with Gasteiger partial charge >= 0.3 is 0 Å². The van der Waals surface area contributed by atoms with Crippen LogP contribution in [0.3, 0.4) is 0 Å².